The molecule has 0 aromatic heterocycles. The zero-order valence-corrected chi connectivity index (χ0v) is 12.3. The van der Waals surface area contributed by atoms with Gasteiger partial charge in [-0.15, -0.1) is 0 Å². The summed E-state index contributed by atoms with van der Waals surface area (Å²) in [5, 5.41) is 13.9. The Morgan fingerprint density at radius 3 is 2.38 bits per heavy atom. The summed E-state index contributed by atoms with van der Waals surface area (Å²) in [6, 6.07) is 4.36. The van der Waals surface area contributed by atoms with Gasteiger partial charge in [-0.25, -0.2) is 9.59 Å². The highest BCUT2D eigenvalue weighted by molar-refractivity contribution is 7.98. The van der Waals surface area contributed by atoms with Crippen molar-refractivity contribution in [1.82, 2.24) is 5.32 Å². The fourth-order valence-corrected chi connectivity index (χ4v) is 2.05. The minimum atomic E-state index is -1.07. The zero-order chi connectivity index (χ0) is 15.8. The second-order valence-corrected chi connectivity index (χ2v) is 5.20. The van der Waals surface area contributed by atoms with Crippen LogP contribution in [0.25, 0.3) is 0 Å². The highest BCUT2D eigenvalue weighted by Crippen LogP contribution is 2.10. The number of aliphatic carboxylic acids is 1. The summed E-state index contributed by atoms with van der Waals surface area (Å²) in [6.45, 7) is 0. The van der Waals surface area contributed by atoms with Gasteiger partial charge in [0.2, 0.25) is 0 Å². The minimum absolute atomic E-state index is 0.306. The predicted molar refractivity (Wildman–Crippen MR) is 81.5 cm³/mol. The van der Waals surface area contributed by atoms with Crippen molar-refractivity contribution in [3.8, 4) is 0 Å². The molecule has 0 spiro atoms. The van der Waals surface area contributed by atoms with Gasteiger partial charge in [-0.1, -0.05) is 0 Å². The van der Waals surface area contributed by atoms with Crippen molar-refractivity contribution in [1.29, 1.82) is 0 Å². The molecular weight excluding hydrogens is 294 g/mol. The van der Waals surface area contributed by atoms with Crippen molar-refractivity contribution in [2.24, 2.45) is 5.73 Å². The van der Waals surface area contributed by atoms with Gasteiger partial charge in [0.1, 0.15) is 6.04 Å². The summed E-state index contributed by atoms with van der Waals surface area (Å²) >= 11 is 1.51. The number of nitrogens with two attached hydrogens (primary N) is 1. The van der Waals surface area contributed by atoms with Crippen molar-refractivity contribution < 1.29 is 19.5 Å². The smallest absolute Gasteiger partial charge is 0.326 e. The van der Waals surface area contributed by atoms with Crippen LogP contribution in [0.3, 0.4) is 0 Å². The molecule has 114 valence electrons. The maximum absolute atomic E-state index is 12.0. The molecule has 0 saturated heterocycles. The zero-order valence-electron chi connectivity index (χ0n) is 11.5. The first-order chi connectivity index (χ1) is 9.93. The van der Waals surface area contributed by atoms with Gasteiger partial charge in [0, 0.05) is 11.3 Å². The van der Waals surface area contributed by atoms with E-state index < -0.39 is 23.9 Å². The second-order valence-electron chi connectivity index (χ2n) is 4.21. The number of anilines is 1. The number of carbonyl (C=O) groups excluding carboxylic acids is 2. The molecule has 5 N–H and O–H groups in total. The van der Waals surface area contributed by atoms with Gasteiger partial charge in [0.15, 0.2) is 0 Å². The number of hydrogen-bond donors (Lipinski definition) is 4. The number of carboxylic acid groups (broad SMARTS) is 1. The lowest BCUT2D eigenvalue weighted by molar-refractivity contribution is -0.139. The molecule has 0 aliphatic heterocycles. The third kappa shape index (κ3) is 5.74. The lowest BCUT2D eigenvalue weighted by Crippen LogP contribution is -2.41. The van der Waals surface area contributed by atoms with Crippen LogP contribution in [0.4, 0.5) is 10.5 Å². The summed E-state index contributed by atoms with van der Waals surface area (Å²) in [7, 11) is 0. The van der Waals surface area contributed by atoms with Crippen LogP contribution < -0.4 is 16.4 Å². The Morgan fingerprint density at radius 1 is 1.29 bits per heavy atom. The quantitative estimate of drug-likeness (QED) is 0.601. The Labute approximate surface area is 126 Å². The number of benzene rings is 1. The number of carboxylic acids is 1. The Bertz CT molecular complexity index is 519. The third-order valence-electron chi connectivity index (χ3n) is 2.63. The van der Waals surface area contributed by atoms with Crippen LogP contribution in [0.1, 0.15) is 16.8 Å². The molecule has 3 amide bonds. The van der Waals surface area contributed by atoms with Crippen LogP contribution in [-0.4, -0.2) is 41.1 Å². The standard InChI is InChI=1S/C13H17N3O4S/c1-21-7-6-10(12(18)19)16-11(17)8-2-4-9(5-3-8)15-13(14)20/h2-5,10H,6-7H2,1H3,(H,16,17)(H,18,19)(H3,14,15,20). The largest absolute Gasteiger partial charge is 0.480 e. The fourth-order valence-electron chi connectivity index (χ4n) is 1.58. The van der Waals surface area contributed by atoms with Gasteiger partial charge >= 0.3 is 12.0 Å². The van der Waals surface area contributed by atoms with E-state index in [4.69, 9.17) is 10.8 Å². The Hall–Kier alpha value is -2.22. The van der Waals surface area contributed by atoms with E-state index in [-0.39, 0.29) is 0 Å². The number of carbonyl (C=O) groups is 3. The van der Waals surface area contributed by atoms with Crippen molar-refractivity contribution in [3.63, 3.8) is 0 Å². The summed E-state index contributed by atoms with van der Waals surface area (Å²) in [5.74, 6) is -0.905. The lowest BCUT2D eigenvalue weighted by atomic mass is 10.1. The number of nitrogens with one attached hydrogen (secondary N) is 2. The molecule has 0 heterocycles. The van der Waals surface area contributed by atoms with E-state index in [0.717, 1.165) is 0 Å². The molecule has 8 heteroatoms. The van der Waals surface area contributed by atoms with Crippen LogP contribution >= 0.6 is 11.8 Å². The molecule has 1 aromatic rings. The average Bonchev–Trinajstić information content (AvgIpc) is 2.43. The van der Waals surface area contributed by atoms with E-state index in [1.807, 2.05) is 6.26 Å². The molecule has 21 heavy (non-hydrogen) atoms. The third-order valence-corrected chi connectivity index (χ3v) is 3.27. The van der Waals surface area contributed by atoms with Gasteiger partial charge in [-0.05, 0) is 42.7 Å². The summed E-state index contributed by atoms with van der Waals surface area (Å²) in [4.78, 5) is 33.7. The van der Waals surface area contributed by atoms with Crippen LogP contribution in [0.15, 0.2) is 24.3 Å². The molecule has 1 unspecified atom stereocenters. The van der Waals surface area contributed by atoms with Crippen molar-refractivity contribution in [2.75, 3.05) is 17.3 Å². The van der Waals surface area contributed by atoms with Crippen molar-refractivity contribution in [2.45, 2.75) is 12.5 Å². The Kier molecular flexibility index (Phi) is 6.54. The van der Waals surface area contributed by atoms with Gasteiger partial charge in [0.05, 0.1) is 0 Å². The monoisotopic (exact) mass is 311 g/mol. The number of urea groups is 1. The molecule has 7 nitrogen and oxygen atoms in total. The van der Waals surface area contributed by atoms with E-state index in [9.17, 15) is 14.4 Å². The molecule has 1 atom stereocenters. The number of amides is 3. The molecule has 0 fully saturated rings. The van der Waals surface area contributed by atoms with Crippen LogP contribution in [0, 0.1) is 0 Å². The van der Waals surface area contributed by atoms with Crippen LogP contribution in [-0.2, 0) is 4.79 Å². The van der Waals surface area contributed by atoms with Crippen molar-refractivity contribution in [3.05, 3.63) is 29.8 Å². The molecule has 0 aliphatic carbocycles. The van der Waals surface area contributed by atoms with Crippen molar-refractivity contribution >= 4 is 35.4 Å². The maximum atomic E-state index is 12.0. The first kappa shape index (κ1) is 16.8. The molecule has 1 rings (SSSR count). The molecule has 1 aromatic carbocycles. The topological polar surface area (TPSA) is 122 Å². The molecular formula is C13H17N3O4S. The Morgan fingerprint density at radius 2 is 1.90 bits per heavy atom. The van der Waals surface area contributed by atoms with Crippen LogP contribution in [0.2, 0.25) is 0 Å². The maximum Gasteiger partial charge on any atom is 0.326 e. The fraction of sp³-hybridized carbons (Fsp3) is 0.308. The predicted octanol–water partition coefficient (Wildman–Crippen LogP) is 1.11. The summed E-state index contributed by atoms with van der Waals surface area (Å²) < 4.78 is 0. The van der Waals surface area contributed by atoms with E-state index >= 15 is 0 Å². The number of rotatable bonds is 7. The Balaban J connectivity index is 2.69. The van der Waals surface area contributed by atoms with Crippen LogP contribution in [0.5, 0.6) is 0 Å². The average molecular weight is 311 g/mol. The van der Waals surface area contributed by atoms with E-state index in [2.05, 4.69) is 10.6 Å². The van der Waals surface area contributed by atoms with Gasteiger partial charge in [-0.3, -0.25) is 4.79 Å². The first-order valence-corrected chi connectivity index (χ1v) is 7.52. The molecule has 0 aliphatic rings. The normalized spacial score (nSPS) is 11.5. The van der Waals surface area contributed by atoms with E-state index in [0.29, 0.717) is 23.4 Å². The van der Waals surface area contributed by atoms with Gasteiger partial charge in [-0.2, -0.15) is 11.8 Å². The summed E-state index contributed by atoms with van der Waals surface area (Å²) in [6.07, 6.45) is 2.22. The van der Waals surface area contributed by atoms with E-state index in [1.54, 1.807) is 0 Å². The minimum Gasteiger partial charge on any atom is -0.480 e. The second kappa shape index (κ2) is 8.15. The number of primary amides is 1. The first-order valence-electron chi connectivity index (χ1n) is 6.13. The van der Waals surface area contributed by atoms with Gasteiger partial charge in [0.25, 0.3) is 5.91 Å². The highest BCUT2D eigenvalue weighted by atomic mass is 32.2. The lowest BCUT2D eigenvalue weighted by Gasteiger charge is -2.14. The highest BCUT2D eigenvalue weighted by Gasteiger charge is 2.20. The molecule has 0 radical (unpaired) electrons. The molecule has 0 saturated carbocycles. The van der Waals surface area contributed by atoms with E-state index in [1.165, 1.54) is 36.0 Å². The number of thioether (sulfide) groups is 1. The number of hydrogen-bond acceptors (Lipinski definition) is 4. The molecule has 0 bridgehead atoms. The van der Waals surface area contributed by atoms with Gasteiger partial charge < -0.3 is 21.5 Å². The summed E-state index contributed by atoms with van der Waals surface area (Å²) in [5.41, 5.74) is 5.73. The SMILES string of the molecule is CSCCC(NC(=O)c1ccc(NC(N)=O)cc1)C(=O)O.